The van der Waals surface area contributed by atoms with Gasteiger partial charge in [0, 0.05) is 24.5 Å². The molecule has 0 radical (unpaired) electrons. The number of carbonyl (C=O) groups is 2. The molecular weight excluding hydrogens is 372 g/mol. The van der Waals surface area contributed by atoms with Crippen molar-refractivity contribution in [2.75, 3.05) is 18.1 Å². The summed E-state index contributed by atoms with van der Waals surface area (Å²) in [4.78, 5) is 54.3. The number of pyridine rings is 1. The van der Waals surface area contributed by atoms with Gasteiger partial charge in [0.1, 0.15) is 0 Å². The van der Waals surface area contributed by atoms with E-state index in [0.29, 0.717) is 18.0 Å². The summed E-state index contributed by atoms with van der Waals surface area (Å²) in [5.74, 6) is -1.02. The van der Waals surface area contributed by atoms with Gasteiger partial charge in [0.25, 0.3) is 11.5 Å². The number of nitrogens with one attached hydrogen (secondary N) is 2. The van der Waals surface area contributed by atoms with E-state index in [0.717, 1.165) is 0 Å². The molecule has 2 aromatic heterocycles. The largest absolute Gasteiger partial charge is 0.481 e. The van der Waals surface area contributed by atoms with E-state index in [1.165, 1.54) is 16.3 Å². The number of hydrogen-bond donors (Lipinski definition) is 3. The molecule has 2 aromatic rings. The molecule has 0 aliphatic carbocycles. The van der Waals surface area contributed by atoms with Crippen LogP contribution in [0.15, 0.2) is 15.7 Å². The fraction of sp³-hybridized carbons (Fsp3) is 0.471. The van der Waals surface area contributed by atoms with E-state index in [1.807, 2.05) is 13.8 Å². The molecular formula is C17H22N4O5S. The maximum atomic E-state index is 12.7. The van der Waals surface area contributed by atoms with Crippen LogP contribution in [0.2, 0.25) is 0 Å². The van der Waals surface area contributed by atoms with Crippen LogP contribution in [0.1, 0.15) is 42.7 Å². The van der Waals surface area contributed by atoms with Crippen LogP contribution in [0.5, 0.6) is 0 Å². The summed E-state index contributed by atoms with van der Waals surface area (Å²) in [7, 11) is 0. The van der Waals surface area contributed by atoms with Crippen LogP contribution in [0.25, 0.3) is 11.0 Å². The monoisotopic (exact) mass is 394 g/mol. The lowest BCUT2D eigenvalue weighted by molar-refractivity contribution is -0.133. The Hall–Kier alpha value is -2.62. The number of rotatable bonds is 8. The van der Waals surface area contributed by atoms with Crippen molar-refractivity contribution in [3.05, 3.63) is 38.2 Å². The maximum absolute atomic E-state index is 12.7. The van der Waals surface area contributed by atoms with Crippen molar-refractivity contribution in [2.45, 2.75) is 33.2 Å². The zero-order valence-electron chi connectivity index (χ0n) is 15.4. The number of aromatic amines is 1. The lowest BCUT2D eigenvalue weighted by Gasteiger charge is -2.14. The number of H-pyrrole nitrogens is 1. The van der Waals surface area contributed by atoms with Crippen molar-refractivity contribution in [3.63, 3.8) is 0 Å². The Kier molecular flexibility index (Phi) is 6.78. The standard InChI is InChI=1S/C17H22N4O5S/c1-4-21-14-13(16(25)20-17(21)26)10(7-11(19-14)9(2)3)15(24)18-5-6-27-8-12(22)23/h7,9H,4-6,8H2,1-3H3,(H,18,24)(H,22,23)(H,20,25,26). The van der Waals surface area contributed by atoms with E-state index in [1.54, 1.807) is 13.0 Å². The fourth-order valence-corrected chi connectivity index (χ4v) is 3.12. The maximum Gasteiger partial charge on any atom is 0.329 e. The van der Waals surface area contributed by atoms with E-state index in [2.05, 4.69) is 15.3 Å². The number of amides is 1. The summed E-state index contributed by atoms with van der Waals surface area (Å²) in [6.45, 7) is 6.11. The second kappa shape index (κ2) is 8.85. The zero-order valence-corrected chi connectivity index (χ0v) is 16.2. The minimum atomic E-state index is -0.919. The quantitative estimate of drug-likeness (QED) is 0.563. The summed E-state index contributed by atoms with van der Waals surface area (Å²) in [5, 5.41) is 11.4. The van der Waals surface area contributed by atoms with Gasteiger partial charge in [-0.2, -0.15) is 0 Å². The molecule has 0 spiro atoms. The summed E-state index contributed by atoms with van der Waals surface area (Å²) in [5.41, 5.74) is -0.300. The normalized spacial score (nSPS) is 11.1. The molecule has 0 saturated heterocycles. The first-order chi connectivity index (χ1) is 12.8. The molecule has 2 rings (SSSR count). The number of carboxylic acids is 1. The zero-order chi connectivity index (χ0) is 20.1. The first-order valence-corrected chi connectivity index (χ1v) is 9.67. The van der Waals surface area contributed by atoms with E-state index >= 15 is 0 Å². The molecule has 0 fully saturated rings. The first kappa shape index (κ1) is 20.7. The van der Waals surface area contributed by atoms with Crippen LogP contribution in [0.4, 0.5) is 0 Å². The van der Waals surface area contributed by atoms with Gasteiger partial charge in [0.15, 0.2) is 5.65 Å². The van der Waals surface area contributed by atoms with Crippen molar-refractivity contribution in [1.82, 2.24) is 19.9 Å². The minimum absolute atomic E-state index is 0.00762. The highest BCUT2D eigenvalue weighted by Gasteiger charge is 2.19. The minimum Gasteiger partial charge on any atom is -0.481 e. The molecule has 0 aliphatic heterocycles. The molecule has 0 unspecified atom stereocenters. The van der Waals surface area contributed by atoms with Crippen LogP contribution >= 0.6 is 11.8 Å². The Labute approximate surface area is 159 Å². The molecule has 0 aromatic carbocycles. The van der Waals surface area contributed by atoms with Crippen LogP contribution < -0.4 is 16.6 Å². The molecule has 146 valence electrons. The predicted molar refractivity (Wildman–Crippen MR) is 104 cm³/mol. The van der Waals surface area contributed by atoms with Crippen molar-refractivity contribution < 1.29 is 14.7 Å². The van der Waals surface area contributed by atoms with E-state index in [9.17, 15) is 19.2 Å². The third kappa shape index (κ3) is 4.76. The van der Waals surface area contributed by atoms with Gasteiger partial charge in [0.05, 0.1) is 16.7 Å². The third-order valence-electron chi connectivity index (χ3n) is 3.88. The number of fused-ring (bicyclic) bond motifs is 1. The first-order valence-electron chi connectivity index (χ1n) is 8.51. The van der Waals surface area contributed by atoms with Crippen LogP contribution in [0, 0.1) is 0 Å². The summed E-state index contributed by atoms with van der Waals surface area (Å²) in [6.07, 6.45) is 0. The van der Waals surface area contributed by atoms with Gasteiger partial charge in [-0.1, -0.05) is 13.8 Å². The lowest BCUT2D eigenvalue weighted by Crippen LogP contribution is -2.33. The van der Waals surface area contributed by atoms with Crippen molar-refractivity contribution in [2.24, 2.45) is 0 Å². The highest BCUT2D eigenvalue weighted by Crippen LogP contribution is 2.19. The van der Waals surface area contributed by atoms with Gasteiger partial charge in [0.2, 0.25) is 0 Å². The van der Waals surface area contributed by atoms with E-state index in [-0.39, 0.29) is 34.8 Å². The Morgan fingerprint density at radius 1 is 1.37 bits per heavy atom. The number of thioether (sulfide) groups is 1. The molecule has 1 amide bonds. The van der Waals surface area contributed by atoms with E-state index in [4.69, 9.17) is 5.11 Å². The molecule has 0 bridgehead atoms. The Balaban J connectivity index is 2.45. The highest BCUT2D eigenvalue weighted by atomic mass is 32.2. The number of aromatic nitrogens is 3. The van der Waals surface area contributed by atoms with Gasteiger partial charge in [-0.05, 0) is 18.9 Å². The van der Waals surface area contributed by atoms with Gasteiger partial charge >= 0.3 is 11.7 Å². The fourth-order valence-electron chi connectivity index (χ4n) is 2.55. The summed E-state index contributed by atoms with van der Waals surface area (Å²) < 4.78 is 1.32. The number of nitrogens with zero attached hydrogens (tertiary/aromatic N) is 2. The molecule has 3 N–H and O–H groups in total. The average Bonchev–Trinajstić information content (AvgIpc) is 2.60. The van der Waals surface area contributed by atoms with Gasteiger partial charge in [-0.15, -0.1) is 11.8 Å². The Morgan fingerprint density at radius 3 is 2.67 bits per heavy atom. The summed E-state index contributed by atoms with van der Waals surface area (Å²) in [6, 6.07) is 1.56. The number of carbonyl (C=O) groups excluding carboxylic acids is 1. The molecule has 10 heteroatoms. The van der Waals surface area contributed by atoms with Crippen molar-refractivity contribution in [3.8, 4) is 0 Å². The van der Waals surface area contributed by atoms with E-state index < -0.39 is 23.1 Å². The van der Waals surface area contributed by atoms with Gasteiger partial charge < -0.3 is 10.4 Å². The molecule has 0 saturated carbocycles. The molecule has 9 nitrogen and oxygen atoms in total. The SMILES string of the molecule is CCn1c(=O)[nH]c(=O)c2c(C(=O)NCCSCC(=O)O)cc(C(C)C)nc21. The van der Waals surface area contributed by atoms with Gasteiger partial charge in [-0.25, -0.2) is 9.78 Å². The Bertz CT molecular complexity index is 980. The van der Waals surface area contributed by atoms with Crippen LogP contribution in [-0.4, -0.2) is 49.6 Å². The number of carboxylic acid groups (broad SMARTS) is 1. The highest BCUT2D eigenvalue weighted by molar-refractivity contribution is 7.99. The molecule has 0 aliphatic rings. The topological polar surface area (TPSA) is 134 Å². The second-order valence-corrected chi connectivity index (χ2v) is 7.26. The molecule has 2 heterocycles. The van der Waals surface area contributed by atoms with Crippen LogP contribution in [0.3, 0.4) is 0 Å². The Morgan fingerprint density at radius 2 is 2.07 bits per heavy atom. The predicted octanol–water partition coefficient (Wildman–Crippen LogP) is 0.776. The molecule has 27 heavy (non-hydrogen) atoms. The molecule has 0 atom stereocenters. The number of hydrogen-bond acceptors (Lipinski definition) is 6. The van der Waals surface area contributed by atoms with Crippen molar-refractivity contribution in [1.29, 1.82) is 0 Å². The summed E-state index contributed by atoms with van der Waals surface area (Å²) >= 11 is 1.18. The van der Waals surface area contributed by atoms with Crippen LogP contribution in [-0.2, 0) is 11.3 Å². The lowest BCUT2D eigenvalue weighted by atomic mass is 10.0. The van der Waals surface area contributed by atoms with Crippen molar-refractivity contribution >= 4 is 34.7 Å². The number of aliphatic carboxylic acids is 1. The second-order valence-electron chi connectivity index (χ2n) is 6.15. The number of aryl methyl sites for hydroxylation is 1. The smallest absolute Gasteiger partial charge is 0.329 e. The third-order valence-corrected chi connectivity index (χ3v) is 4.82. The average molecular weight is 394 g/mol. The van der Waals surface area contributed by atoms with Gasteiger partial charge in [-0.3, -0.25) is 23.9 Å².